The van der Waals surface area contributed by atoms with Crippen LogP contribution in [0.4, 0.5) is 4.39 Å². The van der Waals surface area contributed by atoms with Crippen LogP contribution in [-0.4, -0.2) is 18.3 Å². The number of halogens is 3. The minimum absolute atomic E-state index is 0.212. The van der Waals surface area contributed by atoms with Gasteiger partial charge in [0, 0.05) is 17.2 Å². The fourth-order valence-corrected chi connectivity index (χ4v) is 2.93. The second-order valence-corrected chi connectivity index (χ2v) is 5.76. The van der Waals surface area contributed by atoms with E-state index in [-0.39, 0.29) is 4.47 Å². The first kappa shape index (κ1) is 14.6. The van der Waals surface area contributed by atoms with Gasteiger partial charge in [-0.25, -0.2) is 4.39 Å². The molecular weight excluding hydrogens is 363 g/mol. The van der Waals surface area contributed by atoms with Crippen LogP contribution >= 0.6 is 27.5 Å². The Morgan fingerprint density at radius 3 is 2.52 bits per heavy atom. The summed E-state index contributed by atoms with van der Waals surface area (Å²) < 4.78 is 24.7. The zero-order valence-corrected chi connectivity index (χ0v) is 13.1. The summed E-state index contributed by atoms with van der Waals surface area (Å²) in [6.45, 7) is 0.897. The Hall–Kier alpha value is -1.30. The Morgan fingerprint density at radius 1 is 1.14 bits per heavy atom. The summed E-state index contributed by atoms with van der Waals surface area (Å²) in [6.07, 6.45) is -1.07. The monoisotopic (exact) mass is 372 g/mol. The molecule has 1 aliphatic rings. The molecule has 0 aliphatic carbocycles. The maximum atomic E-state index is 13.6. The van der Waals surface area contributed by atoms with E-state index in [4.69, 9.17) is 21.1 Å². The predicted octanol–water partition coefficient (Wildman–Crippen LogP) is 4.09. The summed E-state index contributed by atoms with van der Waals surface area (Å²) in [4.78, 5) is 0. The third-order valence-electron chi connectivity index (χ3n) is 3.23. The highest BCUT2D eigenvalue weighted by molar-refractivity contribution is 9.10. The van der Waals surface area contributed by atoms with Crippen molar-refractivity contribution in [2.75, 3.05) is 13.2 Å². The number of benzene rings is 2. The lowest BCUT2D eigenvalue weighted by Gasteiger charge is -2.22. The highest BCUT2D eigenvalue weighted by Gasteiger charge is 2.22. The molecule has 0 amide bonds. The maximum absolute atomic E-state index is 13.6. The standard InChI is InChI=1S/C15H11BrClFO3/c16-14-8(2-1-3-11(14)18)15(19)9-6-12-13(7-10(9)17)21-5-4-20-12/h1-3,6-7,15,19H,4-5H2. The van der Waals surface area contributed by atoms with Gasteiger partial charge in [-0.2, -0.15) is 0 Å². The van der Waals surface area contributed by atoms with Gasteiger partial charge in [-0.3, -0.25) is 0 Å². The molecule has 0 bridgehead atoms. The van der Waals surface area contributed by atoms with Gasteiger partial charge < -0.3 is 14.6 Å². The largest absolute Gasteiger partial charge is 0.486 e. The Morgan fingerprint density at radius 2 is 1.81 bits per heavy atom. The van der Waals surface area contributed by atoms with Gasteiger partial charge in [0.15, 0.2) is 11.5 Å². The van der Waals surface area contributed by atoms with E-state index < -0.39 is 11.9 Å². The van der Waals surface area contributed by atoms with E-state index in [2.05, 4.69) is 15.9 Å². The molecule has 1 atom stereocenters. The van der Waals surface area contributed by atoms with E-state index in [1.54, 1.807) is 18.2 Å². The van der Waals surface area contributed by atoms with E-state index in [0.717, 1.165) is 0 Å². The molecule has 110 valence electrons. The lowest BCUT2D eigenvalue weighted by molar-refractivity contribution is 0.169. The highest BCUT2D eigenvalue weighted by Crippen LogP contribution is 2.40. The number of aliphatic hydroxyl groups excluding tert-OH is 1. The van der Waals surface area contributed by atoms with Crippen LogP contribution in [0.2, 0.25) is 5.02 Å². The van der Waals surface area contributed by atoms with Gasteiger partial charge in [0.2, 0.25) is 0 Å². The van der Waals surface area contributed by atoms with Gasteiger partial charge in [-0.05, 0) is 28.1 Å². The zero-order chi connectivity index (χ0) is 15.0. The van der Waals surface area contributed by atoms with E-state index in [9.17, 15) is 9.50 Å². The Labute approximate surface area is 134 Å². The van der Waals surface area contributed by atoms with Crippen LogP contribution in [0, 0.1) is 5.82 Å². The van der Waals surface area contributed by atoms with Crippen LogP contribution in [0.1, 0.15) is 17.2 Å². The maximum Gasteiger partial charge on any atom is 0.162 e. The molecule has 1 aliphatic heterocycles. The van der Waals surface area contributed by atoms with Crippen LogP contribution in [-0.2, 0) is 0 Å². The first-order valence-electron chi connectivity index (χ1n) is 6.29. The molecule has 0 saturated heterocycles. The van der Waals surface area contributed by atoms with Crippen molar-refractivity contribution in [2.24, 2.45) is 0 Å². The number of fused-ring (bicyclic) bond motifs is 1. The van der Waals surface area contributed by atoms with Gasteiger partial charge in [0.1, 0.15) is 25.1 Å². The van der Waals surface area contributed by atoms with Crippen molar-refractivity contribution in [2.45, 2.75) is 6.10 Å². The molecule has 1 N–H and O–H groups in total. The molecule has 1 unspecified atom stereocenters. The lowest BCUT2D eigenvalue weighted by Crippen LogP contribution is -2.16. The number of aliphatic hydroxyl groups is 1. The van der Waals surface area contributed by atoms with Crippen molar-refractivity contribution >= 4 is 27.5 Å². The van der Waals surface area contributed by atoms with Crippen LogP contribution in [0.25, 0.3) is 0 Å². The third-order valence-corrected chi connectivity index (χ3v) is 4.40. The molecule has 0 radical (unpaired) electrons. The molecule has 0 saturated carbocycles. The summed E-state index contributed by atoms with van der Waals surface area (Å²) in [5.41, 5.74) is 0.834. The van der Waals surface area contributed by atoms with Gasteiger partial charge >= 0.3 is 0 Å². The van der Waals surface area contributed by atoms with Gasteiger partial charge in [0.05, 0.1) is 9.50 Å². The van der Waals surface area contributed by atoms with Crippen molar-refractivity contribution in [1.29, 1.82) is 0 Å². The Bertz CT molecular complexity index is 693. The van der Waals surface area contributed by atoms with E-state index in [0.29, 0.717) is 40.9 Å². The second kappa shape index (κ2) is 5.83. The molecule has 6 heteroatoms. The van der Waals surface area contributed by atoms with Gasteiger partial charge in [-0.1, -0.05) is 23.7 Å². The lowest BCUT2D eigenvalue weighted by atomic mass is 10.0. The first-order chi connectivity index (χ1) is 10.1. The molecule has 0 aromatic heterocycles. The van der Waals surface area contributed by atoms with E-state index in [1.807, 2.05) is 0 Å². The van der Waals surface area contributed by atoms with Crippen LogP contribution < -0.4 is 9.47 Å². The van der Waals surface area contributed by atoms with Crippen molar-refractivity contribution in [3.05, 3.63) is 56.8 Å². The summed E-state index contributed by atoms with van der Waals surface area (Å²) in [5, 5.41) is 10.8. The second-order valence-electron chi connectivity index (χ2n) is 4.56. The molecule has 2 aromatic carbocycles. The summed E-state index contributed by atoms with van der Waals surface area (Å²) in [7, 11) is 0. The highest BCUT2D eigenvalue weighted by atomic mass is 79.9. The molecule has 3 nitrogen and oxygen atoms in total. The molecule has 2 aromatic rings. The Kier molecular flexibility index (Phi) is 4.06. The van der Waals surface area contributed by atoms with Gasteiger partial charge in [0.25, 0.3) is 0 Å². The number of hydrogen-bond donors (Lipinski definition) is 1. The molecule has 21 heavy (non-hydrogen) atoms. The van der Waals surface area contributed by atoms with E-state index >= 15 is 0 Å². The molecule has 3 rings (SSSR count). The predicted molar refractivity (Wildman–Crippen MR) is 80.6 cm³/mol. The van der Waals surface area contributed by atoms with E-state index in [1.165, 1.54) is 12.1 Å². The number of rotatable bonds is 2. The third kappa shape index (κ3) is 2.73. The van der Waals surface area contributed by atoms with Crippen LogP contribution in [0.15, 0.2) is 34.8 Å². The number of hydrogen-bond acceptors (Lipinski definition) is 3. The summed E-state index contributed by atoms with van der Waals surface area (Å²) >= 11 is 9.34. The molecular formula is C15H11BrClFO3. The van der Waals surface area contributed by atoms with Crippen LogP contribution in [0.3, 0.4) is 0 Å². The molecule has 0 fully saturated rings. The summed E-state index contributed by atoms with van der Waals surface area (Å²) in [5.74, 6) is 0.618. The van der Waals surface area contributed by atoms with Crippen molar-refractivity contribution in [3.63, 3.8) is 0 Å². The van der Waals surface area contributed by atoms with Crippen LogP contribution in [0.5, 0.6) is 11.5 Å². The first-order valence-corrected chi connectivity index (χ1v) is 7.46. The fraction of sp³-hybridized carbons (Fsp3) is 0.200. The minimum atomic E-state index is -1.07. The smallest absolute Gasteiger partial charge is 0.162 e. The average molecular weight is 374 g/mol. The fourth-order valence-electron chi connectivity index (χ4n) is 2.19. The zero-order valence-electron chi connectivity index (χ0n) is 10.8. The quantitative estimate of drug-likeness (QED) is 0.861. The molecule has 0 spiro atoms. The van der Waals surface area contributed by atoms with Gasteiger partial charge in [-0.15, -0.1) is 0 Å². The minimum Gasteiger partial charge on any atom is -0.486 e. The SMILES string of the molecule is OC(c1cc2c(cc1Cl)OCCO2)c1cccc(F)c1Br. The van der Waals surface area contributed by atoms with Crippen molar-refractivity contribution < 1.29 is 19.0 Å². The van der Waals surface area contributed by atoms with Crippen molar-refractivity contribution in [3.8, 4) is 11.5 Å². The molecule has 1 heterocycles. The Balaban J connectivity index is 2.05. The summed E-state index contributed by atoms with van der Waals surface area (Å²) in [6, 6.07) is 7.70. The number of ether oxygens (including phenoxy) is 2. The van der Waals surface area contributed by atoms with Crippen molar-refractivity contribution in [1.82, 2.24) is 0 Å². The average Bonchev–Trinajstić information content (AvgIpc) is 2.48. The topological polar surface area (TPSA) is 38.7 Å². The normalized spacial score (nSPS) is 14.9.